The molecular formula is C14H10Br2N2OS. The molecule has 0 saturated carbocycles. The minimum absolute atomic E-state index is 0.185. The molecule has 0 aliphatic carbocycles. The Balaban J connectivity index is 2.22. The first-order valence-corrected chi connectivity index (χ1v) is 7.63. The average Bonchev–Trinajstić information content (AvgIpc) is 2.40. The quantitative estimate of drug-likeness (QED) is 0.744. The highest BCUT2D eigenvalue weighted by Crippen LogP contribution is 2.24. The summed E-state index contributed by atoms with van der Waals surface area (Å²) in [6.07, 6.45) is 0. The first-order chi connectivity index (χ1) is 9.47. The maximum absolute atomic E-state index is 12.1. The summed E-state index contributed by atoms with van der Waals surface area (Å²) in [6.45, 7) is 0. The Kier molecular flexibility index (Phi) is 4.91. The molecule has 0 aliphatic heterocycles. The number of nitrogens with two attached hydrogens (primary N) is 1. The predicted octanol–water partition coefficient (Wildman–Crippen LogP) is 4.10. The lowest BCUT2D eigenvalue weighted by molar-refractivity contribution is 0.102. The first kappa shape index (κ1) is 15.2. The summed E-state index contributed by atoms with van der Waals surface area (Å²) in [6, 6.07) is 12.5. The van der Waals surface area contributed by atoms with Crippen LogP contribution in [0.5, 0.6) is 0 Å². The van der Waals surface area contributed by atoms with Gasteiger partial charge in [0.15, 0.2) is 0 Å². The van der Waals surface area contributed by atoms with Gasteiger partial charge in [-0.25, -0.2) is 0 Å². The highest BCUT2D eigenvalue weighted by molar-refractivity contribution is 9.10. The zero-order chi connectivity index (χ0) is 14.7. The number of rotatable bonds is 3. The Bertz CT molecular complexity index is 689. The van der Waals surface area contributed by atoms with Gasteiger partial charge in [-0.3, -0.25) is 4.79 Å². The summed E-state index contributed by atoms with van der Waals surface area (Å²) in [5, 5.41) is 2.83. The van der Waals surface area contributed by atoms with Crippen LogP contribution in [0.25, 0.3) is 0 Å². The van der Waals surface area contributed by atoms with E-state index in [9.17, 15) is 4.79 Å². The Morgan fingerprint density at radius 1 is 1.10 bits per heavy atom. The number of anilines is 1. The second kappa shape index (κ2) is 6.47. The van der Waals surface area contributed by atoms with Crippen molar-refractivity contribution in [3.63, 3.8) is 0 Å². The van der Waals surface area contributed by atoms with Crippen molar-refractivity contribution in [2.24, 2.45) is 5.73 Å². The largest absolute Gasteiger partial charge is 0.389 e. The van der Waals surface area contributed by atoms with Gasteiger partial charge in [0.25, 0.3) is 5.91 Å². The molecule has 102 valence electrons. The average molecular weight is 414 g/mol. The lowest BCUT2D eigenvalue weighted by atomic mass is 10.2. The minimum atomic E-state index is -0.185. The van der Waals surface area contributed by atoms with E-state index in [1.165, 1.54) is 0 Å². The molecule has 0 aromatic heterocycles. The molecule has 1 amide bonds. The molecule has 0 bridgehead atoms. The van der Waals surface area contributed by atoms with Crippen LogP contribution in [-0.2, 0) is 0 Å². The van der Waals surface area contributed by atoms with Gasteiger partial charge in [0.1, 0.15) is 4.99 Å². The molecule has 0 spiro atoms. The van der Waals surface area contributed by atoms with Gasteiger partial charge in [0.05, 0.1) is 5.69 Å². The van der Waals surface area contributed by atoms with Crippen molar-refractivity contribution in [2.45, 2.75) is 0 Å². The summed E-state index contributed by atoms with van der Waals surface area (Å²) in [5.41, 5.74) is 7.54. The number of hydrogen-bond acceptors (Lipinski definition) is 2. The minimum Gasteiger partial charge on any atom is -0.389 e. The fraction of sp³-hybridized carbons (Fsp3) is 0. The van der Waals surface area contributed by atoms with Crippen LogP contribution in [0.3, 0.4) is 0 Å². The third-order valence-corrected chi connectivity index (χ3v) is 3.97. The zero-order valence-electron chi connectivity index (χ0n) is 10.2. The molecule has 3 nitrogen and oxygen atoms in total. The van der Waals surface area contributed by atoms with E-state index >= 15 is 0 Å². The normalized spacial score (nSPS) is 10.1. The molecule has 3 N–H and O–H groups in total. The lowest BCUT2D eigenvalue weighted by Gasteiger charge is -2.09. The molecule has 0 heterocycles. The van der Waals surface area contributed by atoms with Crippen molar-refractivity contribution in [1.29, 1.82) is 0 Å². The van der Waals surface area contributed by atoms with Crippen molar-refractivity contribution in [3.05, 3.63) is 62.5 Å². The molecule has 0 unspecified atom stereocenters. The van der Waals surface area contributed by atoms with E-state index < -0.39 is 0 Å². The topological polar surface area (TPSA) is 55.1 Å². The molecule has 6 heteroatoms. The molecule has 2 aromatic carbocycles. The predicted molar refractivity (Wildman–Crippen MR) is 92.1 cm³/mol. The SMILES string of the molecule is NC(=S)c1ccc(NC(=O)c2cccc(Br)c2)c(Br)c1. The second-order valence-electron chi connectivity index (χ2n) is 4.02. The van der Waals surface area contributed by atoms with E-state index in [1.54, 1.807) is 30.3 Å². The van der Waals surface area contributed by atoms with E-state index in [2.05, 4.69) is 37.2 Å². The maximum Gasteiger partial charge on any atom is 0.255 e. The Morgan fingerprint density at radius 2 is 1.85 bits per heavy atom. The van der Waals surface area contributed by atoms with Crippen LogP contribution < -0.4 is 11.1 Å². The van der Waals surface area contributed by atoms with Crippen molar-refractivity contribution in [2.75, 3.05) is 5.32 Å². The summed E-state index contributed by atoms with van der Waals surface area (Å²) in [4.78, 5) is 12.4. The zero-order valence-corrected chi connectivity index (χ0v) is 14.2. The van der Waals surface area contributed by atoms with Gasteiger partial charge in [-0.2, -0.15) is 0 Å². The maximum atomic E-state index is 12.1. The molecule has 20 heavy (non-hydrogen) atoms. The van der Waals surface area contributed by atoms with E-state index in [0.717, 1.165) is 14.5 Å². The van der Waals surface area contributed by atoms with Crippen molar-refractivity contribution >= 4 is 60.7 Å². The van der Waals surface area contributed by atoms with E-state index in [4.69, 9.17) is 18.0 Å². The van der Waals surface area contributed by atoms with Crippen molar-refractivity contribution in [3.8, 4) is 0 Å². The lowest BCUT2D eigenvalue weighted by Crippen LogP contribution is -2.13. The Labute approximate surface area is 138 Å². The molecule has 0 atom stereocenters. The van der Waals surface area contributed by atoms with Gasteiger partial charge in [-0.15, -0.1) is 0 Å². The van der Waals surface area contributed by atoms with Crippen LogP contribution in [0.1, 0.15) is 15.9 Å². The summed E-state index contributed by atoms with van der Waals surface area (Å²) < 4.78 is 1.58. The highest BCUT2D eigenvalue weighted by atomic mass is 79.9. The fourth-order valence-corrected chi connectivity index (χ4v) is 2.60. The van der Waals surface area contributed by atoms with Gasteiger partial charge >= 0.3 is 0 Å². The molecular weight excluding hydrogens is 404 g/mol. The third kappa shape index (κ3) is 3.65. The second-order valence-corrected chi connectivity index (χ2v) is 6.23. The third-order valence-electron chi connectivity index (χ3n) is 2.59. The van der Waals surface area contributed by atoms with E-state index in [1.807, 2.05) is 12.1 Å². The standard InChI is InChI=1S/C14H10Br2N2OS/c15-10-3-1-2-9(6-10)14(19)18-12-5-4-8(13(17)20)7-11(12)16/h1-7H,(H2,17,20)(H,18,19). The van der Waals surface area contributed by atoms with Crippen molar-refractivity contribution < 1.29 is 4.79 Å². The number of hydrogen-bond donors (Lipinski definition) is 2. The number of carbonyl (C=O) groups is 1. The van der Waals surface area contributed by atoms with Crippen molar-refractivity contribution in [1.82, 2.24) is 0 Å². The van der Waals surface area contributed by atoms with Gasteiger partial charge in [-0.05, 0) is 52.3 Å². The van der Waals surface area contributed by atoms with Crippen LogP contribution in [0, 0.1) is 0 Å². The van der Waals surface area contributed by atoms with Gasteiger partial charge in [0, 0.05) is 20.1 Å². The van der Waals surface area contributed by atoms with E-state index in [-0.39, 0.29) is 5.91 Å². The molecule has 0 fully saturated rings. The van der Waals surface area contributed by atoms with Gasteiger partial charge in [0.2, 0.25) is 0 Å². The van der Waals surface area contributed by atoms with Crippen LogP contribution in [0.4, 0.5) is 5.69 Å². The number of benzene rings is 2. The number of amides is 1. The molecule has 0 saturated heterocycles. The first-order valence-electron chi connectivity index (χ1n) is 5.63. The van der Waals surface area contributed by atoms with Gasteiger partial charge < -0.3 is 11.1 Å². The molecule has 0 radical (unpaired) electrons. The number of thiocarbonyl (C=S) groups is 1. The number of carbonyl (C=O) groups excluding carboxylic acids is 1. The summed E-state index contributed by atoms with van der Waals surface area (Å²) in [7, 11) is 0. The van der Waals surface area contributed by atoms with Crippen LogP contribution in [0.15, 0.2) is 51.4 Å². The van der Waals surface area contributed by atoms with Crippen LogP contribution >= 0.6 is 44.1 Å². The number of nitrogens with one attached hydrogen (secondary N) is 1. The van der Waals surface area contributed by atoms with Crippen LogP contribution in [-0.4, -0.2) is 10.9 Å². The Morgan fingerprint density at radius 3 is 2.45 bits per heavy atom. The summed E-state index contributed by atoms with van der Waals surface area (Å²) >= 11 is 11.6. The molecule has 2 rings (SSSR count). The molecule has 0 aliphatic rings. The smallest absolute Gasteiger partial charge is 0.255 e. The fourth-order valence-electron chi connectivity index (χ4n) is 1.59. The molecule has 2 aromatic rings. The van der Waals surface area contributed by atoms with Gasteiger partial charge in [-0.1, -0.05) is 34.2 Å². The highest BCUT2D eigenvalue weighted by Gasteiger charge is 2.09. The number of halogens is 2. The Hall–Kier alpha value is -1.24. The summed E-state index contributed by atoms with van der Waals surface area (Å²) in [5.74, 6) is -0.185. The van der Waals surface area contributed by atoms with E-state index in [0.29, 0.717) is 16.2 Å². The van der Waals surface area contributed by atoms with Crippen LogP contribution in [0.2, 0.25) is 0 Å². The monoisotopic (exact) mass is 412 g/mol.